The lowest BCUT2D eigenvalue weighted by Crippen LogP contribution is -2.33. The molecule has 0 bridgehead atoms. The van der Waals surface area contributed by atoms with Crippen molar-refractivity contribution in [2.45, 2.75) is 95.5 Å². The molecule has 1 aromatic heterocycles. The zero-order valence-corrected chi connectivity index (χ0v) is 17.3. The van der Waals surface area contributed by atoms with Gasteiger partial charge in [-0.15, -0.1) is 0 Å². The van der Waals surface area contributed by atoms with Crippen LogP contribution in [0, 0.1) is 11.8 Å². The highest BCUT2D eigenvalue weighted by molar-refractivity contribution is 5.39. The van der Waals surface area contributed by atoms with E-state index in [0.29, 0.717) is 36.6 Å². The predicted molar refractivity (Wildman–Crippen MR) is 107 cm³/mol. The largest absolute Gasteiger partial charge is 0.493 e. The molecule has 158 valence electrons. The summed E-state index contributed by atoms with van der Waals surface area (Å²) in [5.41, 5.74) is 0.0564. The van der Waals surface area contributed by atoms with Gasteiger partial charge in [0.25, 0.3) is 0 Å². The molecule has 3 unspecified atom stereocenters. The molecule has 6 heteroatoms. The van der Waals surface area contributed by atoms with Crippen molar-refractivity contribution in [3.63, 3.8) is 0 Å². The molecule has 0 amide bonds. The van der Waals surface area contributed by atoms with Crippen molar-refractivity contribution < 1.29 is 20.4 Å². The van der Waals surface area contributed by atoms with E-state index in [1.165, 1.54) is 19.3 Å². The quantitative estimate of drug-likeness (QED) is 0.587. The molecule has 0 radical (unpaired) electrons. The Balaban J connectivity index is 1.90. The second-order valence-corrected chi connectivity index (χ2v) is 9.36. The molecule has 1 aromatic rings. The van der Waals surface area contributed by atoms with Crippen LogP contribution in [0.5, 0.6) is 11.8 Å². The minimum Gasteiger partial charge on any atom is -0.493 e. The van der Waals surface area contributed by atoms with Gasteiger partial charge < -0.3 is 20.4 Å². The van der Waals surface area contributed by atoms with Gasteiger partial charge in [-0.25, -0.2) is 0 Å². The standard InChI is InChI=1S/C22H36N2O4/c1-22(2,15-8-4-3-5-9-15)21-23-19(27)18(20(28)24-21)17-13-16(26)11-10-14(17)7-6-12-25/h14-17,25-26H,3-13H2,1-2H3,(H2,23,24,27,28). The van der Waals surface area contributed by atoms with E-state index in [1.54, 1.807) is 0 Å². The summed E-state index contributed by atoms with van der Waals surface area (Å²) in [6.45, 7) is 4.32. The number of aromatic hydroxyl groups is 2. The smallest absolute Gasteiger partial charge is 0.221 e. The third kappa shape index (κ3) is 4.43. The van der Waals surface area contributed by atoms with E-state index < -0.39 is 6.10 Å². The van der Waals surface area contributed by atoms with Crippen LogP contribution in [0.25, 0.3) is 0 Å². The van der Waals surface area contributed by atoms with Crippen LogP contribution in [-0.4, -0.2) is 43.1 Å². The number of hydrogen-bond donors (Lipinski definition) is 4. The highest BCUT2D eigenvalue weighted by Gasteiger charge is 2.39. The monoisotopic (exact) mass is 392 g/mol. The van der Waals surface area contributed by atoms with Crippen molar-refractivity contribution in [1.29, 1.82) is 0 Å². The topological polar surface area (TPSA) is 107 Å². The SMILES string of the molecule is CC(C)(c1nc(O)c(C2CC(O)CCC2CCCO)c(O)n1)C1CCCCC1. The van der Waals surface area contributed by atoms with Gasteiger partial charge in [0.1, 0.15) is 5.82 Å². The average Bonchev–Trinajstić information content (AvgIpc) is 2.67. The van der Waals surface area contributed by atoms with Crippen molar-refractivity contribution in [2.75, 3.05) is 6.61 Å². The maximum atomic E-state index is 10.8. The fourth-order valence-electron chi connectivity index (χ4n) is 5.34. The lowest BCUT2D eigenvalue weighted by atomic mass is 9.70. The first kappa shape index (κ1) is 21.3. The highest BCUT2D eigenvalue weighted by Crippen LogP contribution is 2.47. The number of nitrogens with zero attached hydrogens (tertiary/aromatic N) is 2. The molecule has 2 aliphatic rings. The third-order valence-corrected chi connectivity index (χ3v) is 7.18. The normalized spacial score (nSPS) is 27.1. The Bertz CT molecular complexity index is 633. The van der Waals surface area contributed by atoms with Crippen LogP contribution in [0.4, 0.5) is 0 Å². The predicted octanol–water partition coefficient (Wildman–Crippen LogP) is 3.76. The summed E-state index contributed by atoms with van der Waals surface area (Å²) in [6, 6.07) is 0. The number of aliphatic hydroxyl groups excluding tert-OH is 2. The van der Waals surface area contributed by atoms with Gasteiger partial charge in [0, 0.05) is 12.0 Å². The zero-order chi connectivity index (χ0) is 20.3. The number of rotatable bonds is 6. The van der Waals surface area contributed by atoms with E-state index in [9.17, 15) is 20.4 Å². The molecule has 3 rings (SSSR count). The number of hydrogen-bond acceptors (Lipinski definition) is 6. The Kier molecular flexibility index (Phi) is 6.81. The van der Waals surface area contributed by atoms with Crippen LogP contribution in [0.2, 0.25) is 0 Å². The van der Waals surface area contributed by atoms with E-state index in [0.717, 1.165) is 25.7 Å². The van der Waals surface area contributed by atoms with E-state index in [-0.39, 0.29) is 35.6 Å². The van der Waals surface area contributed by atoms with Crippen LogP contribution >= 0.6 is 0 Å². The fraction of sp³-hybridized carbons (Fsp3) is 0.818. The van der Waals surface area contributed by atoms with E-state index in [2.05, 4.69) is 23.8 Å². The summed E-state index contributed by atoms with van der Waals surface area (Å²) >= 11 is 0. The lowest BCUT2D eigenvalue weighted by Gasteiger charge is -2.37. The first-order chi connectivity index (χ1) is 13.3. The molecular formula is C22H36N2O4. The van der Waals surface area contributed by atoms with Gasteiger partial charge in [0.15, 0.2) is 0 Å². The van der Waals surface area contributed by atoms with Crippen molar-refractivity contribution in [3.8, 4) is 11.8 Å². The first-order valence-electron chi connectivity index (χ1n) is 10.9. The Morgan fingerprint density at radius 1 is 0.964 bits per heavy atom. The minimum absolute atomic E-state index is 0.120. The number of aromatic nitrogens is 2. The molecule has 0 aromatic carbocycles. The Labute approximate surface area is 168 Å². The van der Waals surface area contributed by atoms with Crippen molar-refractivity contribution in [1.82, 2.24) is 9.97 Å². The lowest BCUT2D eigenvalue weighted by molar-refractivity contribution is 0.0866. The van der Waals surface area contributed by atoms with E-state index in [1.807, 2.05) is 0 Å². The van der Waals surface area contributed by atoms with Crippen molar-refractivity contribution in [2.24, 2.45) is 11.8 Å². The van der Waals surface area contributed by atoms with Gasteiger partial charge in [0.05, 0.1) is 11.7 Å². The van der Waals surface area contributed by atoms with Gasteiger partial charge in [-0.2, -0.15) is 9.97 Å². The van der Waals surface area contributed by atoms with Crippen LogP contribution in [-0.2, 0) is 5.41 Å². The molecule has 2 saturated carbocycles. The molecule has 1 heterocycles. The second-order valence-electron chi connectivity index (χ2n) is 9.36. The van der Waals surface area contributed by atoms with Crippen LogP contribution in [0.1, 0.15) is 95.4 Å². The molecular weight excluding hydrogens is 356 g/mol. The maximum Gasteiger partial charge on any atom is 0.221 e. The first-order valence-corrected chi connectivity index (χ1v) is 10.9. The molecule has 2 aliphatic carbocycles. The van der Waals surface area contributed by atoms with E-state index >= 15 is 0 Å². The summed E-state index contributed by atoms with van der Waals surface area (Å²) in [6.07, 6.45) is 8.93. The fourth-order valence-corrected chi connectivity index (χ4v) is 5.34. The average molecular weight is 393 g/mol. The number of aliphatic hydroxyl groups is 2. The molecule has 28 heavy (non-hydrogen) atoms. The second kappa shape index (κ2) is 8.95. The van der Waals surface area contributed by atoms with Gasteiger partial charge in [-0.3, -0.25) is 0 Å². The molecule has 3 atom stereocenters. The summed E-state index contributed by atoms with van der Waals surface area (Å²) < 4.78 is 0. The Hall–Kier alpha value is -1.40. The van der Waals surface area contributed by atoms with Gasteiger partial charge in [-0.1, -0.05) is 33.1 Å². The van der Waals surface area contributed by atoms with Gasteiger partial charge in [0.2, 0.25) is 11.8 Å². The van der Waals surface area contributed by atoms with Crippen LogP contribution in [0.3, 0.4) is 0 Å². The van der Waals surface area contributed by atoms with Gasteiger partial charge >= 0.3 is 0 Å². The van der Waals surface area contributed by atoms with Crippen LogP contribution < -0.4 is 0 Å². The van der Waals surface area contributed by atoms with Crippen LogP contribution in [0.15, 0.2) is 0 Å². The highest BCUT2D eigenvalue weighted by atomic mass is 16.3. The Morgan fingerprint density at radius 2 is 1.61 bits per heavy atom. The van der Waals surface area contributed by atoms with Crippen molar-refractivity contribution >= 4 is 0 Å². The summed E-state index contributed by atoms with van der Waals surface area (Å²) in [5, 5.41) is 40.9. The molecule has 2 fully saturated rings. The van der Waals surface area contributed by atoms with E-state index in [4.69, 9.17) is 0 Å². The van der Waals surface area contributed by atoms with Crippen molar-refractivity contribution in [3.05, 3.63) is 11.4 Å². The zero-order valence-electron chi connectivity index (χ0n) is 17.3. The molecule has 0 spiro atoms. The Morgan fingerprint density at radius 3 is 2.21 bits per heavy atom. The third-order valence-electron chi connectivity index (χ3n) is 7.18. The molecule has 4 N–H and O–H groups in total. The van der Waals surface area contributed by atoms with Gasteiger partial charge in [-0.05, 0) is 62.7 Å². The summed E-state index contributed by atoms with van der Waals surface area (Å²) in [4.78, 5) is 8.90. The maximum absolute atomic E-state index is 10.8. The summed E-state index contributed by atoms with van der Waals surface area (Å²) in [5.74, 6) is 0.635. The molecule has 0 aliphatic heterocycles. The summed E-state index contributed by atoms with van der Waals surface area (Å²) in [7, 11) is 0. The minimum atomic E-state index is -0.451. The molecule has 0 saturated heterocycles. The molecule has 6 nitrogen and oxygen atoms in total.